The predicted octanol–water partition coefficient (Wildman–Crippen LogP) is 1.54. The highest BCUT2D eigenvalue weighted by molar-refractivity contribution is 4.97. The highest BCUT2D eigenvalue weighted by Gasteiger charge is 2.37. The number of nitrogens with one attached hydrogen (secondary N) is 1. The lowest BCUT2D eigenvalue weighted by Crippen LogP contribution is -2.63. The van der Waals surface area contributed by atoms with Crippen molar-refractivity contribution in [3.63, 3.8) is 0 Å². The Hall–Kier alpha value is -0.120. The molecule has 0 spiro atoms. The Kier molecular flexibility index (Phi) is 4.11. The van der Waals surface area contributed by atoms with E-state index >= 15 is 0 Å². The van der Waals surface area contributed by atoms with Gasteiger partial charge in [0.15, 0.2) is 0 Å². The van der Waals surface area contributed by atoms with Gasteiger partial charge in [0, 0.05) is 43.8 Å². The first-order chi connectivity index (χ1) is 8.00. The molecule has 0 saturated carbocycles. The molecule has 17 heavy (non-hydrogen) atoms. The fourth-order valence-electron chi connectivity index (χ4n) is 3.39. The summed E-state index contributed by atoms with van der Waals surface area (Å²) in [5, 5.41) is 3.68. The minimum Gasteiger partial charge on any atom is -0.310 e. The first-order valence-corrected chi connectivity index (χ1v) is 7.24. The Bertz CT molecular complexity index is 242. The zero-order valence-electron chi connectivity index (χ0n) is 12.0. The smallest absolute Gasteiger partial charge is 0.0280 e. The second-order valence-corrected chi connectivity index (χ2v) is 6.47. The van der Waals surface area contributed by atoms with E-state index in [-0.39, 0.29) is 5.54 Å². The van der Waals surface area contributed by atoms with Gasteiger partial charge in [0.05, 0.1) is 0 Å². The highest BCUT2D eigenvalue weighted by Crippen LogP contribution is 2.25. The molecule has 0 amide bonds. The number of piperazine rings is 1. The molecule has 2 rings (SSSR count). The molecule has 0 aromatic heterocycles. The van der Waals surface area contributed by atoms with Crippen LogP contribution in [-0.4, -0.2) is 60.1 Å². The van der Waals surface area contributed by atoms with Gasteiger partial charge in [-0.1, -0.05) is 0 Å². The summed E-state index contributed by atoms with van der Waals surface area (Å²) >= 11 is 0. The molecular weight excluding hydrogens is 210 g/mol. The van der Waals surface area contributed by atoms with Crippen molar-refractivity contribution in [1.29, 1.82) is 0 Å². The molecule has 2 saturated heterocycles. The maximum Gasteiger partial charge on any atom is 0.0280 e. The fourth-order valence-corrected chi connectivity index (χ4v) is 3.39. The molecule has 2 fully saturated rings. The van der Waals surface area contributed by atoms with Crippen molar-refractivity contribution >= 4 is 0 Å². The minimum absolute atomic E-state index is 0.290. The standard InChI is InChI=1S/C14H29N3/c1-12(2)16-8-10-17(11-9-16)13-6-5-7-15-14(13,3)4/h12-13,15H,5-11H2,1-4H3. The molecule has 2 aliphatic heterocycles. The summed E-state index contributed by atoms with van der Waals surface area (Å²) in [7, 11) is 0. The van der Waals surface area contributed by atoms with Gasteiger partial charge in [-0.25, -0.2) is 0 Å². The lowest BCUT2D eigenvalue weighted by atomic mass is 9.85. The molecule has 0 radical (unpaired) electrons. The molecule has 2 heterocycles. The summed E-state index contributed by atoms with van der Waals surface area (Å²) in [6.07, 6.45) is 2.69. The van der Waals surface area contributed by atoms with Crippen LogP contribution >= 0.6 is 0 Å². The summed E-state index contributed by atoms with van der Waals surface area (Å²) in [5.41, 5.74) is 0.290. The largest absolute Gasteiger partial charge is 0.310 e. The van der Waals surface area contributed by atoms with Gasteiger partial charge in [0.1, 0.15) is 0 Å². The van der Waals surface area contributed by atoms with E-state index in [1.807, 2.05) is 0 Å². The van der Waals surface area contributed by atoms with E-state index in [1.54, 1.807) is 0 Å². The summed E-state index contributed by atoms with van der Waals surface area (Å²) < 4.78 is 0. The van der Waals surface area contributed by atoms with Crippen molar-refractivity contribution in [3.05, 3.63) is 0 Å². The fraction of sp³-hybridized carbons (Fsp3) is 1.00. The lowest BCUT2D eigenvalue weighted by molar-refractivity contribution is 0.0296. The maximum absolute atomic E-state index is 3.68. The zero-order valence-corrected chi connectivity index (χ0v) is 12.0. The number of hydrogen-bond acceptors (Lipinski definition) is 3. The monoisotopic (exact) mass is 239 g/mol. The quantitative estimate of drug-likeness (QED) is 0.788. The first kappa shape index (κ1) is 13.3. The molecule has 1 atom stereocenters. The number of rotatable bonds is 2. The van der Waals surface area contributed by atoms with E-state index in [9.17, 15) is 0 Å². The first-order valence-electron chi connectivity index (χ1n) is 7.24. The molecule has 0 aromatic rings. The second-order valence-electron chi connectivity index (χ2n) is 6.47. The lowest BCUT2D eigenvalue weighted by Gasteiger charge is -2.49. The van der Waals surface area contributed by atoms with Gasteiger partial charge < -0.3 is 5.32 Å². The third kappa shape index (κ3) is 3.01. The van der Waals surface area contributed by atoms with Gasteiger partial charge in [-0.05, 0) is 47.1 Å². The Morgan fingerprint density at radius 2 is 1.76 bits per heavy atom. The van der Waals surface area contributed by atoms with Gasteiger partial charge in [-0.3, -0.25) is 9.80 Å². The van der Waals surface area contributed by atoms with Gasteiger partial charge in [0.2, 0.25) is 0 Å². The van der Waals surface area contributed by atoms with Crippen LogP contribution in [0.2, 0.25) is 0 Å². The SMILES string of the molecule is CC(C)N1CCN(C2CCCNC2(C)C)CC1. The van der Waals surface area contributed by atoms with E-state index in [1.165, 1.54) is 45.6 Å². The normalized spacial score (nSPS) is 31.9. The topological polar surface area (TPSA) is 18.5 Å². The van der Waals surface area contributed by atoms with Gasteiger partial charge in [0.25, 0.3) is 0 Å². The van der Waals surface area contributed by atoms with Crippen molar-refractivity contribution in [3.8, 4) is 0 Å². The Balaban J connectivity index is 1.91. The van der Waals surface area contributed by atoms with E-state index in [4.69, 9.17) is 0 Å². The van der Waals surface area contributed by atoms with Crippen LogP contribution in [0.3, 0.4) is 0 Å². The average molecular weight is 239 g/mol. The molecule has 1 N–H and O–H groups in total. The zero-order chi connectivity index (χ0) is 12.5. The van der Waals surface area contributed by atoms with Gasteiger partial charge in [-0.2, -0.15) is 0 Å². The molecule has 0 aliphatic carbocycles. The second kappa shape index (κ2) is 5.25. The number of nitrogens with zero attached hydrogens (tertiary/aromatic N) is 2. The van der Waals surface area contributed by atoms with Gasteiger partial charge >= 0.3 is 0 Å². The summed E-state index contributed by atoms with van der Waals surface area (Å²) in [6.45, 7) is 15.5. The van der Waals surface area contributed by atoms with Crippen molar-refractivity contribution in [2.75, 3.05) is 32.7 Å². The summed E-state index contributed by atoms with van der Waals surface area (Å²) in [4.78, 5) is 5.31. The van der Waals surface area contributed by atoms with Crippen LogP contribution in [0.4, 0.5) is 0 Å². The van der Waals surface area contributed by atoms with E-state index in [0.29, 0.717) is 6.04 Å². The minimum atomic E-state index is 0.290. The van der Waals surface area contributed by atoms with Crippen molar-refractivity contribution in [1.82, 2.24) is 15.1 Å². The third-order valence-electron chi connectivity index (χ3n) is 4.59. The van der Waals surface area contributed by atoms with Crippen LogP contribution in [0.1, 0.15) is 40.5 Å². The van der Waals surface area contributed by atoms with Crippen LogP contribution in [0.15, 0.2) is 0 Å². The Morgan fingerprint density at radius 1 is 1.12 bits per heavy atom. The molecule has 0 aromatic carbocycles. The highest BCUT2D eigenvalue weighted by atomic mass is 15.3. The Labute approximate surface area is 107 Å². The summed E-state index contributed by atoms with van der Waals surface area (Å²) in [5.74, 6) is 0. The molecule has 100 valence electrons. The van der Waals surface area contributed by atoms with Crippen LogP contribution < -0.4 is 5.32 Å². The van der Waals surface area contributed by atoms with Crippen molar-refractivity contribution < 1.29 is 0 Å². The van der Waals surface area contributed by atoms with Crippen molar-refractivity contribution in [2.45, 2.75) is 58.2 Å². The summed E-state index contributed by atoms with van der Waals surface area (Å²) in [6, 6.07) is 1.43. The average Bonchev–Trinajstić information content (AvgIpc) is 2.28. The molecular formula is C14H29N3. The van der Waals surface area contributed by atoms with E-state index in [0.717, 1.165) is 6.04 Å². The predicted molar refractivity (Wildman–Crippen MR) is 73.4 cm³/mol. The van der Waals surface area contributed by atoms with Crippen molar-refractivity contribution in [2.24, 2.45) is 0 Å². The molecule has 3 heteroatoms. The number of hydrogen-bond donors (Lipinski definition) is 1. The maximum atomic E-state index is 3.68. The van der Waals surface area contributed by atoms with Crippen LogP contribution in [0, 0.1) is 0 Å². The molecule has 0 bridgehead atoms. The van der Waals surface area contributed by atoms with Crippen LogP contribution in [-0.2, 0) is 0 Å². The van der Waals surface area contributed by atoms with E-state index < -0.39 is 0 Å². The molecule has 2 aliphatic rings. The number of piperidine rings is 1. The van der Waals surface area contributed by atoms with Crippen LogP contribution in [0.25, 0.3) is 0 Å². The van der Waals surface area contributed by atoms with E-state index in [2.05, 4.69) is 42.8 Å². The van der Waals surface area contributed by atoms with Crippen LogP contribution in [0.5, 0.6) is 0 Å². The third-order valence-corrected chi connectivity index (χ3v) is 4.59. The molecule has 1 unspecified atom stereocenters. The Morgan fingerprint density at radius 3 is 2.29 bits per heavy atom. The van der Waals surface area contributed by atoms with Gasteiger partial charge in [-0.15, -0.1) is 0 Å². The molecule has 3 nitrogen and oxygen atoms in total.